The van der Waals surface area contributed by atoms with Gasteiger partial charge < -0.3 is 15.8 Å². The number of rotatable bonds is 4. The minimum atomic E-state index is -0.579. The van der Waals surface area contributed by atoms with E-state index < -0.39 is 11.8 Å². The smallest absolute Gasteiger partial charge is 0.340 e. The molecule has 0 aliphatic heterocycles. The molecule has 0 amide bonds. The summed E-state index contributed by atoms with van der Waals surface area (Å²) in [6.45, 7) is 10.3. The largest absolute Gasteiger partial charge is 0.465 e. The fourth-order valence-electron chi connectivity index (χ4n) is 2.71. The summed E-state index contributed by atoms with van der Waals surface area (Å²) in [6.07, 6.45) is 0.831. The first-order valence-corrected chi connectivity index (χ1v) is 6.91. The Morgan fingerprint density at radius 3 is 2.33 bits per heavy atom. The number of hydrogen-bond acceptors (Lipinski definition) is 4. The van der Waals surface area contributed by atoms with Crippen LogP contribution in [0.1, 0.15) is 51.4 Å². The molecule has 0 saturated carbocycles. The normalized spacial score (nSPS) is 12.1. The van der Waals surface area contributed by atoms with Gasteiger partial charge in [0.1, 0.15) is 5.82 Å². The minimum absolute atomic E-state index is 0.0681. The Balaban J connectivity index is 3.11. The van der Waals surface area contributed by atoms with Crippen LogP contribution in [0.2, 0.25) is 0 Å². The number of ether oxygens (including phenoxy) is 1. The number of anilines is 2. The first-order valence-electron chi connectivity index (χ1n) is 6.91. The van der Waals surface area contributed by atoms with Crippen LogP contribution in [-0.2, 0) is 4.74 Å². The van der Waals surface area contributed by atoms with E-state index in [4.69, 9.17) is 5.73 Å². The van der Waals surface area contributed by atoms with E-state index >= 15 is 0 Å². The van der Waals surface area contributed by atoms with Crippen LogP contribution >= 0.6 is 0 Å². The zero-order chi connectivity index (χ0) is 16.4. The molecule has 1 aromatic rings. The van der Waals surface area contributed by atoms with Crippen LogP contribution in [0.15, 0.2) is 12.1 Å². The second kappa shape index (κ2) is 5.92. The predicted molar refractivity (Wildman–Crippen MR) is 83.9 cm³/mol. The van der Waals surface area contributed by atoms with Gasteiger partial charge in [-0.1, -0.05) is 20.8 Å². The van der Waals surface area contributed by atoms with Gasteiger partial charge in [-0.25, -0.2) is 9.18 Å². The van der Waals surface area contributed by atoms with E-state index in [0.717, 1.165) is 12.5 Å². The third kappa shape index (κ3) is 4.92. The molecule has 0 unspecified atom stereocenters. The maximum absolute atomic E-state index is 14.1. The second-order valence-electron chi connectivity index (χ2n) is 7.16. The Labute approximate surface area is 125 Å². The number of nitrogens with one attached hydrogen (secondary N) is 1. The molecule has 0 aliphatic rings. The van der Waals surface area contributed by atoms with Crippen molar-refractivity contribution in [2.45, 2.75) is 46.6 Å². The number of carbonyl (C=O) groups excluding carboxylic acids is 1. The summed E-state index contributed by atoms with van der Waals surface area (Å²) in [6, 6.07) is 2.54. The van der Waals surface area contributed by atoms with E-state index in [2.05, 4.69) is 30.8 Å². The highest BCUT2D eigenvalue weighted by Crippen LogP contribution is 2.32. The summed E-state index contributed by atoms with van der Waals surface area (Å²) in [4.78, 5) is 11.6. The van der Waals surface area contributed by atoms with Gasteiger partial charge in [0.25, 0.3) is 0 Å². The number of benzene rings is 1. The Hall–Kier alpha value is -1.78. The summed E-state index contributed by atoms with van der Waals surface area (Å²) in [5.41, 5.74) is 5.90. The van der Waals surface area contributed by atoms with Crippen molar-refractivity contribution in [3.8, 4) is 0 Å². The number of nitrogen functional groups attached to an aromatic ring is 1. The molecule has 0 bridgehead atoms. The lowest BCUT2D eigenvalue weighted by Crippen LogP contribution is -2.35. The summed E-state index contributed by atoms with van der Waals surface area (Å²) >= 11 is 0. The number of esters is 1. The molecule has 5 heteroatoms. The van der Waals surface area contributed by atoms with Crippen LogP contribution in [0.3, 0.4) is 0 Å². The molecule has 0 saturated heterocycles. The van der Waals surface area contributed by atoms with Crippen molar-refractivity contribution in [3.63, 3.8) is 0 Å². The van der Waals surface area contributed by atoms with E-state index in [1.54, 1.807) is 0 Å². The van der Waals surface area contributed by atoms with E-state index in [0.29, 0.717) is 0 Å². The molecule has 0 spiro atoms. The zero-order valence-electron chi connectivity index (χ0n) is 13.6. The molecule has 0 heterocycles. The predicted octanol–water partition coefficient (Wildman–Crippen LogP) is 3.82. The van der Waals surface area contributed by atoms with E-state index in [1.165, 1.54) is 13.2 Å². The number of carbonyl (C=O) groups is 1. The Morgan fingerprint density at radius 1 is 1.29 bits per heavy atom. The lowest BCUT2D eigenvalue weighted by molar-refractivity contribution is 0.0602. The molecule has 1 aromatic carbocycles. The van der Waals surface area contributed by atoms with Gasteiger partial charge in [0, 0.05) is 11.2 Å². The van der Waals surface area contributed by atoms with Gasteiger partial charge in [-0.05, 0) is 37.8 Å². The lowest BCUT2D eigenvalue weighted by atomic mass is 9.81. The first-order chi connectivity index (χ1) is 9.45. The van der Waals surface area contributed by atoms with Crippen LogP contribution in [0, 0.1) is 11.2 Å². The van der Waals surface area contributed by atoms with Crippen molar-refractivity contribution in [2.24, 2.45) is 5.41 Å². The van der Waals surface area contributed by atoms with Gasteiger partial charge in [-0.3, -0.25) is 0 Å². The van der Waals surface area contributed by atoms with Crippen molar-refractivity contribution in [2.75, 3.05) is 18.2 Å². The van der Waals surface area contributed by atoms with Crippen molar-refractivity contribution < 1.29 is 13.9 Å². The highest BCUT2D eigenvalue weighted by molar-refractivity contribution is 5.96. The highest BCUT2D eigenvalue weighted by atomic mass is 19.1. The second-order valence-corrected chi connectivity index (χ2v) is 7.16. The third-order valence-corrected chi connectivity index (χ3v) is 2.99. The molecular weight excluding hydrogens is 271 g/mol. The summed E-state index contributed by atoms with van der Waals surface area (Å²) in [7, 11) is 1.27. The van der Waals surface area contributed by atoms with Crippen LogP contribution < -0.4 is 11.1 Å². The average molecular weight is 296 g/mol. The Bertz CT molecular complexity index is 534. The molecule has 1 rings (SSSR count). The number of methoxy groups -OCH3 is 1. The van der Waals surface area contributed by atoms with E-state index in [9.17, 15) is 9.18 Å². The van der Waals surface area contributed by atoms with Crippen LogP contribution in [0.25, 0.3) is 0 Å². The maximum Gasteiger partial charge on any atom is 0.340 e. The molecule has 0 radical (unpaired) electrons. The Morgan fingerprint density at radius 2 is 1.86 bits per heavy atom. The quantitative estimate of drug-likeness (QED) is 0.655. The van der Waals surface area contributed by atoms with Crippen LogP contribution in [0.4, 0.5) is 15.8 Å². The summed E-state index contributed by atoms with van der Waals surface area (Å²) in [5.74, 6) is -1.06. The Kier molecular flexibility index (Phi) is 4.87. The number of nitrogens with two attached hydrogens (primary N) is 1. The van der Waals surface area contributed by atoms with Crippen molar-refractivity contribution in [3.05, 3.63) is 23.5 Å². The average Bonchev–Trinajstić information content (AvgIpc) is 2.28. The van der Waals surface area contributed by atoms with Crippen molar-refractivity contribution >= 4 is 17.3 Å². The van der Waals surface area contributed by atoms with Crippen LogP contribution in [0.5, 0.6) is 0 Å². The molecule has 0 aromatic heterocycles. The van der Waals surface area contributed by atoms with Gasteiger partial charge in [0.2, 0.25) is 0 Å². The first kappa shape index (κ1) is 17.3. The molecule has 21 heavy (non-hydrogen) atoms. The third-order valence-electron chi connectivity index (χ3n) is 2.99. The fourth-order valence-corrected chi connectivity index (χ4v) is 2.71. The molecule has 3 N–H and O–H groups in total. The standard InChI is InChI=1S/C16H25FN2O2/c1-15(2,3)9-16(4,5)19-13-7-10(14(20)21-6)12(18)8-11(13)17/h7-8,19H,9,18H2,1-6H3. The number of hydrogen-bond donors (Lipinski definition) is 2. The van der Waals surface area contributed by atoms with Gasteiger partial charge in [0.15, 0.2) is 0 Å². The number of halogens is 1. The molecule has 0 fully saturated rings. The van der Waals surface area contributed by atoms with Gasteiger partial charge in [-0.2, -0.15) is 0 Å². The SMILES string of the molecule is COC(=O)c1cc(NC(C)(C)CC(C)(C)C)c(F)cc1N. The van der Waals surface area contributed by atoms with Gasteiger partial charge in [-0.15, -0.1) is 0 Å². The van der Waals surface area contributed by atoms with E-state index in [1.807, 2.05) is 13.8 Å². The molecular formula is C16H25FN2O2. The monoisotopic (exact) mass is 296 g/mol. The summed E-state index contributed by atoms with van der Waals surface area (Å²) in [5, 5.41) is 3.15. The molecule has 0 aliphatic carbocycles. The van der Waals surface area contributed by atoms with Gasteiger partial charge in [0.05, 0.1) is 18.4 Å². The zero-order valence-corrected chi connectivity index (χ0v) is 13.6. The fraction of sp³-hybridized carbons (Fsp3) is 0.562. The van der Waals surface area contributed by atoms with Crippen LogP contribution in [-0.4, -0.2) is 18.6 Å². The lowest BCUT2D eigenvalue weighted by Gasteiger charge is -2.34. The van der Waals surface area contributed by atoms with Crippen molar-refractivity contribution in [1.82, 2.24) is 0 Å². The van der Waals surface area contributed by atoms with Gasteiger partial charge >= 0.3 is 5.97 Å². The maximum atomic E-state index is 14.1. The van der Waals surface area contributed by atoms with Crippen molar-refractivity contribution in [1.29, 1.82) is 0 Å². The minimum Gasteiger partial charge on any atom is -0.465 e. The molecule has 0 atom stereocenters. The topological polar surface area (TPSA) is 64.3 Å². The van der Waals surface area contributed by atoms with E-state index in [-0.39, 0.29) is 27.9 Å². The highest BCUT2D eigenvalue weighted by Gasteiger charge is 2.27. The molecule has 4 nitrogen and oxygen atoms in total. The summed E-state index contributed by atoms with van der Waals surface area (Å²) < 4.78 is 18.7. The molecule has 118 valence electrons.